The SMILES string of the molecule is C=C(Cl)CNC(c1ccccc1)C(C)C. The van der Waals surface area contributed by atoms with Gasteiger partial charge in [-0.1, -0.05) is 62.4 Å². The second-order valence-corrected chi connectivity index (χ2v) is 4.57. The van der Waals surface area contributed by atoms with E-state index in [4.69, 9.17) is 11.6 Å². The van der Waals surface area contributed by atoms with Gasteiger partial charge in [-0.15, -0.1) is 0 Å². The minimum atomic E-state index is 0.335. The molecular weight excluding hydrogens is 206 g/mol. The van der Waals surface area contributed by atoms with Crippen molar-refractivity contribution < 1.29 is 0 Å². The summed E-state index contributed by atoms with van der Waals surface area (Å²) in [5.74, 6) is 0.531. The molecule has 2 heteroatoms. The molecule has 0 aromatic heterocycles. The molecule has 0 amide bonds. The molecule has 0 saturated carbocycles. The summed E-state index contributed by atoms with van der Waals surface area (Å²) in [4.78, 5) is 0. The Labute approximate surface area is 97.1 Å². The number of hydrogen-bond acceptors (Lipinski definition) is 1. The second-order valence-electron chi connectivity index (χ2n) is 4.03. The van der Waals surface area contributed by atoms with E-state index in [1.165, 1.54) is 5.56 Å². The van der Waals surface area contributed by atoms with Gasteiger partial charge in [0, 0.05) is 17.6 Å². The van der Waals surface area contributed by atoms with Gasteiger partial charge in [0.1, 0.15) is 0 Å². The molecule has 0 heterocycles. The molecule has 0 aliphatic heterocycles. The zero-order valence-electron chi connectivity index (χ0n) is 9.33. The number of benzene rings is 1. The van der Waals surface area contributed by atoms with Crippen LogP contribution in [-0.2, 0) is 0 Å². The number of nitrogens with one attached hydrogen (secondary N) is 1. The van der Waals surface area contributed by atoms with E-state index in [2.05, 4.69) is 50.0 Å². The summed E-state index contributed by atoms with van der Waals surface area (Å²) in [6, 6.07) is 10.7. The Morgan fingerprint density at radius 1 is 1.33 bits per heavy atom. The van der Waals surface area contributed by atoms with Gasteiger partial charge < -0.3 is 5.32 Å². The van der Waals surface area contributed by atoms with Crippen LogP contribution in [-0.4, -0.2) is 6.54 Å². The lowest BCUT2D eigenvalue weighted by atomic mass is 9.96. The highest BCUT2D eigenvalue weighted by molar-refractivity contribution is 6.29. The number of halogens is 1. The van der Waals surface area contributed by atoms with E-state index in [-0.39, 0.29) is 0 Å². The lowest BCUT2D eigenvalue weighted by Gasteiger charge is -2.22. The largest absolute Gasteiger partial charge is 0.305 e. The van der Waals surface area contributed by atoms with Crippen LogP contribution in [0, 0.1) is 5.92 Å². The van der Waals surface area contributed by atoms with Crippen molar-refractivity contribution in [1.29, 1.82) is 0 Å². The molecule has 0 spiro atoms. The molecule has 1 rings (SSSR count). The average Bonchev–Trinajstić information content (AvgIpc) is 2.18. The van der Waals surface area contributed by atoms with Crippen molar-refractivity contribution in [3.05, 3.63) is 47.5 Å². The normalized spacial score (nSPS) is 12.8. The van der Waals surface area contributed by atoms with Gasteiger partial charge in [0.2, 0.25) is 0 Å². The molecule has 1 aromatic carbocycles. The highest BCUT2D eigenvalue weighted by atomic mass is 35.5. The minimum absolute atomic E-state index is 0.335. The average molecular weight is 224 g/mol. The van der Waals surface area contributed by atoms with Crippen LogP contribution < -0.4 is 5.32 Å². The van der Waals surface area contributed by atoms with Crippen molar-refractivity contribution in [2.45, 2.75) is 19.9 Å². The lowest BCUT2D eigenvalue weighted by molar-refractivity contribution is 0.428. The van der Waals surface area contributed by atoms with Crippen molar-refractivity contribution in [3.8, 4) is 0 Å². The molecule has 0 fully saturated rings. The molecule has 0 aliphatic rings. The van der Waals surface area contributed by atoms with Gasteiger partial charge in [0.25, 0.3) is 0 Å². The maximum atomic E-state index is 5.76. The standard InChI is InChI=1S/C13H18ClN/c1-10(2)13(15-9-11(3)14)12-7-5-4-6-8-12/h4-8,10,13,15H,3,9H2,1-2H3. The highest BCUT2D eigenvalue weighted by Crippen LogP contribution is 2.21. The molecule has 0 bridgehead atoms. The maximum Gasteiger partial charge on any atom is 0.0346 e. The summed E-state index contributed by atoms with van der Waals surface area (Å²) in [5.41, 5.74) is 1.30. The van der Waals surface area contributed by atoms with Gasteiger partial charge in [0.05, 0.1) is 0 Å². The first kappa shape index (κ1) is 12.3. The first-order chi connectivity index (χ1) is 7.11. The van der Waals surface area contributed by atoms with Crippen molar-refractivity contribution in [2.75, 3.05) is 6.54 Å². The lowest BCUT2D eigenvalue weighted by Crippen LogP contribution is -2.26. The minimum Gasteiger partial charge on any atom is -0.305 e. The van der Waals surface area contributed by atoms with Gasteiger partial charge in [-0.3, -0.25) is 0 Å². The summed E-state index contributed by atoms with van der Waals surface area (Å²) in [7, 11) is 0. The van der Waals surface area contributed by atoms with Crippen LogP contribution in [0.4, 0.5) is 0 Å². The van der Waals surface area contributed by atoms with Crippen LogP contribution in [0.1, 0.15) is 25.5 Å². The molecule has 1 nitrogen and oxygen atoms in total. The number of hydrogen-bond donors (Lipinski definition) is 1. The monoisotopic (exact) mass is 223 g/mol. The fourth-order valence-corrected chi connectivity index (χ4v) is 1.70. The van der Waals surface area contributed by atoms with Gasteiger partial charge in [0.15, 0.2) is 0 Å². The zero-order valence-corrected chi connectivity index (χ0v) is 10.1. The first-order valence-electron chi connectivity index (χ1n) is 5.23. The summed E-state index contributed by atoms with van der Waals surface area (Å²) < 4.78 is 0. The Morgan fingerprint density at radius 3 is 2.40 bits per heavy atom. The van der Waals surface area contributed by atoms with Crippen molar-refractivity contribution in [1.82, 2.24) is 5.32 Å². The van der Waals surface area contributed by atoms with Crippen LogP contribution in [0.3, 0.4) is 0 Å². The zero-order chi connectivity index (χ0) is 11.3. The third kappa shape index (κ3) is 4.06. The summed E-state index contributed by atoms with van der Waals surface area (Å²) in [5, 5.41) is 4.05. The van der Waals surface area contributed by atoms with Gasteiger partial charge in [-0.25, -0.2) is 0 Å². The first-order valence-corrected chi connectivity index (χ1v) is 5.60. The van der Waals surface area contributed by atoms with Crippen LogP contribution in [0.25, 0.3) is 0 Å². The fourth-order valence-electron chi connectivity index (χ4n) is 1.62. The molecule has 1 aromatic rings. The second kappa shape index (κ2) is 5.94. The van der Waals surface area contributed by atoms with Crippen molar-refractivity contribution >= 4 is 11.6 Å². The Morgan fingerprint density at radius 2 is 1.93 bits per heavy atom. The Balaban J connectivity index is 2.70. The van der Waals surface area contributed by atoms with Crippen LogP contribution in [0.2, 0.25) is 0 Å². The van der Waals surface area contributed by atoms with E-state index in [1.54, 1.807) is 0 Å². The van der Waals surface area contributed by atoms with Gasteiger partial charge in [-0.05, 0) is 11.5 Å². The smallest absolute Gasteiger partial charge is 0.0346 e. The molecular formula is C13H18ClN. The molecule has 1 N–H and O–H groups in total. The fraction of sp³-hybridized carbons (Fsp3) is 0.385. The molecule has 0 saturated heterocycles. The van der Waals surface area contributed by atoms with E-state index in [1.807, 2.05) is 6.07 Å². The Bertz CT molecular complexity index is 306. The predicted molar refractivity (Wildman–Crippen MR) is 67.0 cm³/mol. The third-order valence-electron chi connectivity index (χ3n) is 2.34. The van der Waals surface area contributed by atoms with Crippen LogP contribution >= 0.6 is 11.6 Å². The van der Waals surface area contributed by atoms with Crippen LogP contribution in [0.5, 0.6) is 0 Å². The topological polar surface area (TPSA) is 12.0 Å². The molecule has 0 aliphatic carbocycles. The molecule has 1 atom stereocenters. The Hall–Kier alpha value is -0.790. The van der Waals surface area contributed by atoms with Gasteiger partial charge >= 0.3 is 0 Å². The summed E-state index contributed by atoms with van der Waals surface area (Å²) >= 11 is 5.76. The van der Waals surface area contributed by atoms with Gasteiger partial charge in [-0.2, -0.15) is 0 Å². The van der Waals surface area contributed by atoms with Crippen molar-refractivity contribution in [2.24, 2.45) is 5.92 Å². The Kier molecular flexibility index (Phi) is 4.86. The van der Waals surface area contributed by atoms with E-state index in [9.17, 15) is 0 Å². The van der Waals surface area contributed by atoms with E-state index >= 15 is 0 Å². The highest BCUT2D eigenvalue weighted by Gasteiger charge is 2.14. The van der Waals surface area contributed by atoms with E-state index in [0.717, 1.165) is 0 Å². The third-order valence-corrected chi connectivity index (χ3v) is 2.47. The maximum absolute atomic E-state index is 5.76. The molecule has 0 radical (unpaired) electrons. The van der Waals surface area contributed by atoms with Crippen molar-refractivity contribution in [3.63, 3.8) is 0 Å². The van der Waals surface area contributed by atoms with Crippen LogP contribution in [0.15, 0.2) is 41.9 Å². The predicted octanol–water partition coefficient (Wildman–Crippen LogP) is 3.73. The van der Waals surface area contributed by atoms with E-state index < -0.39 is 0 Å². The quantitative estimate of drug-likeness (QED) is 0.802. The molecule has 1 unspecified atom stereocenters. The summed E-state index contributed by atoms with van der Waals surface area (Å²) in [6.45, 7) is 8.73. The van der Waals surface area contributed by atoms with E-state index in [0.29, 0.717) is 23.5 Å². The summed E-state index contributed by atoms with van der Waals surface area (Å²) in [6.07, 6.45) is 0. The molecule has 15 heavy (non-hydrogen) atoms. The number of rotatable bonds is 5. The molecule has 82 valence electrons.